The van der Waals surface area contributed by atoms with Crippen molar-refractivity contribution in [1.82, 2.24) is 30.7 Å². The van der Waals surface area contributed by atoms with Gasteiger partial charge in [0, 0.05) is 32.6 Å². The summed E-state index contributed by atoms with van der Waals surface area (Å²) in [4.78, 5) is 113. The van der Waals surface area contributed by atoms with Crippen LogP contribution < -0.4 is 21.7 Å². The number of cyclic esters (lactones) is 1. The summed E-state index contributed by atoms with van der Waals surface area (Å²) in [6.07, 6.45) is 8.23. The molecule has 19 heteroatoms. The molecule has 3 saturated heterocycles. The highest BCUT2D eigenvalue weighted by molar-refractivity contribution is 5.98. The first kappa shape index (κ1) is 45.6. The predicted molar refractivity (Wildman–Crippen MR) is 209 cm³/mol. The van der Waals surface area contributed by atoms with Gasteiger partial charge in [-0.15, -0.1) is 0 Å². The van der Waals surface area contributed by atoms with Crippen LogP contribution in [0.1, 0.15) is 70.8 Å². The van der Waals surface area contributed by atoms with Crippen molar-refractivity contribution in [3.8, 4) is 0 Å². The van der Waals surface area contributed by atoms with Gasteiger partial charge in [-0.2, -0.15) is 0 Å². The van der Waals surface area contributed by atoms with Gasteiger partial charge in [-0.3, -0.25) is 33.6 Å². The van der Waals surface area contributed by atoms with E-state index in [0.29, 0.717) is 12.5 Å². The summed E-state index contributed by atoms with van der Waals surface area (Å²) in [6.45, 7) is 1.48. The van der Waals surface area contributed by atoms with Crippen LogP contribution in [0.25, 0.3) is 0 Å². The third kappa shape index (κ3) is 11.6. The first-order valence-corrected chi connectivity index (χ1v) is 20.5. The van der Waals surface area contributed by atoms with Crippen LogP contribution in [0, 0.1) is 23.5 Å². The van der Waals surface area contributed by atoms with Gasteiger partial charge in [0.2, 0.25) is 35.4 Å². The van der Waals surface area contributed by atoms with E-state index in [0.717, 1.165) is 49.1 Å². The smallest absolute Gasteiger partial charge is 0.328 e. The molecular weight excluding hydrogens is 788 g/mol. The largest absolute Gasteiger partial charge is 0.462 e. The summed E-state index contributed by atoms with van der Waals surface area (Å²) < 4.78 is 39.4. The van der Waals surface area contributed by atoms with E-state index in [1.54, 1.807) is 6.08 Å². The molecule has 4 aliphatic rings. The van der Waals surface area contributed by atoms with Gasteiger partial charge in [0.25, 0.3) is 0 Å². The standard InChI is InChI=1S/C41H55F2N7O10/c1-23-14-32-41(58)60-21-30(47-36(53)29(17-26-15-27(42)18-28(43)16-26)46-34(51)12-11-25-8-5-4-6-9-25)39(56)49-13-7-10-31(49)40(57)48(3)33(22-59-35(52)19-44)37(54)45-24(2)38(55)50(32)20-23/h11-12,15-16,18,23-25,29-33H,4-10,13-14,17,19-22,44H2,1-3H3,(H,45,54)(H,46,51)(H,47,53)/t23-,24+,29+,30+,31+,32+,33+/m1/s1. The molecule has 1 aliphatic carbocycles. The lowest BCUT2D eigenvalue weighted by Gasteiger charge is -2.35. The highest BCUT2D eigenvalue weighted by Gasteiger charge is 2.45. The van der Waals surface area contributed by atoms with E-state index in [2.05, 4.69) is 16.0 Å². The molecule has 0 radical (unpaired) electrons. The molecule has 17 nitrogen and oxygen atoms in total. The Balaban J connectivity index is 1.47. The number of carbonyl (C=O) groups excluding carboxylic acids is 8. The molecule has 0 spiro atoms. The van der Waals surface area contributed by atoms with Gasteiger partial charge in [0.15, 0.2) is 0 Å². The Morgan fingerprint density at radius 3 is 2.33 bits per heavy atom. The molecule has 6 amide bonds. The number of hydrogen-bond donors (Lipinski definition) is 4. The molecule has 1 aromatic carbocycles. The second kappa shape index (κ2) is 20.7. The maximum Gasteiger partial charge on any atom is 0.328 e. The van der Waals surface area contributed by atoms with Crippen LogP contribution in [-0.2, 0) is 54.3 Å². The number of nitrogens with one attached hydrogen (secondary N) is 3. The van der Waals surface area contributed by atoms with Crippen LogP contribution >= 0.6 is 0 Å². The van der Waals surface area contributed by atoms with Crippen molar-refractivity contribution in [2.45, 2.75) is 108 Å². The van der Waals surface area contributed by atoms with E-state index < -0.39 is 121 Å². The number of likely N-dealkylation sites (N-methyl/N-ethyl adjacent to an activating group) is 1. The molecule has 1 saturated carbocycles. The maximum atomic E-state index is 14.5. The number of esters is 2. The summed E-state index contributed by atoms with van der Waals surface area (Å²) in [7, 11) is 1.28. The number of rotatable bonds is 10. The summed E-state index contributed by atoms with van der Waals surface area (Å²) in [5, 5.41) is 7.71. The number of ether oxygens (including phenoxy) is 2. The van der Waals surface area contributed by atoms with Gasteiger partial charge in [0.1, 0.15) is 61.1 Å². The lowest BCUT2D eigenvalue weighted by Crippen LogP contribution is -2.61. The lowest BCUT2D eigenvalue weighted by atomic mass is 9.89. The molecule has 7 atom stereocenters. The molecule has 0 bridgehead atoms. The highest BCUT2D eigenvalue weighted by atomic mass is 19.1. The SMILES string of the molecule is C[C@@H]1C[C@H]2C(=O)OC[C@H](NC(=O)[C@H](Cc3cc(F)cc(F)c3)NC(=O)C=CC3CCCCC3)C(=O)N3CCC[C@H]3C(=O)N(C)[C@@H](COC(=O)CN)C(=O)N[C@@H](C)C(=O)N2C1. The number of nitrogens with two attached hydrogens (primary N) is 1. The third-order valence-electron chi connectivity index (χ3n) is 11.5. The summed E-state index contributed by atoms with van der Waals surface area (Å²) in [6, 6.07) is -5.45. The first-order chi connectivity index (χ1) is 28.6. The van der Waals surface area contributed by atoms with Crippen LogP contribution in [0.4, 0.5) is 8.78 Å². The fourth-order valence-electron chi connectivity index (χ4n) is 8.26. The second-order valence-corrected chi connectivity index (χ2v) is 16.1. The number of benzene rings is 1. The van der Waals surface area contributed by atoms with Crippen LogP contribution in [0.3, 0.4) is 0 Å². The topological polar surface area (TPSA) is 227 Å². The molecule has 5 rings (SSSR count). The van der Waals surface area contributed by atoms with E-state index in [9.17, 15) is 47.1 Å². The van der Waals surface area contributed by atoms with Gasteiger partial charge in [0.05, 0.1) is 6.54 Å². The second-order valence-electron chi connectivity index (χ2n) is 16.1. The quantitative estimate of drug-likeness (QED) is 0.184. The number of amides is 6. The number of hydrogen-bond acceptors (Lipinski definition) is 11. The molecule has 5 N–H and O–H groups in total. The summed E-state index contributed by atoms with van der Waals surface area (Å²) in [5.74, 6) is -8.26. The fourth-order valence-corrected chi connectivity index (χ4v) is 8.26. The van der Waals surface area contributed by atoms with Crippen molar-refractivity contribution >= 4 is 47.4 Å². The molecule has 328 valence electrons. The van der Waals surface area contributed by atoms with E-state index >= 15 is 0 Å². The zero-order chi connectivity index (χ0) is 43.7. The number of halogens is 2. The van der Waals surface area contributed by atoms with Gasteiger partial charge < -0.3 is 45.9 Å². The highest BCUT2D eigenvalue weighted by Crippen LogP contribution is 2.27. The minimum absolute atomic E-state index is 0.0244. The van der Waals surface area contributed by atoms with Crippen molar-refractivity contribution in [3.63, 3.8) is 0 Å². The van der Waals surface area contributed by atoms with E-state index in [1.807, 2.05) is 6.92 Å². The maximum absolute atomic E-state index is 14.5. The number of allylic oxidation sites excluding steroid dienone is 1. The Hall–Kier alpha value is -5.46. The van der Waals surface area contributed by atoms with Crippen LogP contribution in [0.15, 0.2) is 30.4 Å². The Labute approximate surface area is 347 Å². The van der Waals surface area contributed by atoms with E-state index in [4.69, 9.17) is 15.2 Å². The monoisotopic (exact) mass is 843 g/mol. The van der Waals surface area contributed by atoms with Crippen LogP contribution in [0.5, 0.6) is 0 Å². The fraction of sp³-hybridized carbons (Fsp3) is 0.610. The molecular formula is C41H55F2N7O10. The molecule has 0 aromatic heterocycles. The zero-order valence-electron chi connectivity index (χ0n) is 34.2. The van der Waals surface area contributed by atoms with Gasteiger partial charge in [-0.25, -0.2) is 13.6 Å². The van der Waals surface area contributed by atoms with Crippen molar-refractivity contribution < 1.29 is 56.6 Å². The van der Waals surface area contributed by atoms with Crippen LogP contribution in [0.2, 0.25) is 0 Å². The molecule has 3 aliphatic heterocycles. The van der Waals surface area contributed by atoms with Gasteiger partial charge >= 0.3 is 11.9 Å². The Morgan fingerprint density at radius 2 is 1.65 bits per heavy atom. The van der Waals surface area contributed by atoms with Crippen molar-refractivity contribution in [2.24, 2.45) is 17.6 Å². The molecule has 60 heavy (non-hydrogen) atoms. The van der Waals surface area contributed by atoms with Gasteiger partial charge in [-0.1, -0.05) is 32.3 Å². The Kier molecular flexibility index (Phi) is 15.7. The molecule has 0 unspecified atom stereocenters. The Morgan fingerprint density at radius 1 is 0.950 bits per heavy atom. The van der Waals surface area contributed by atoms with Crippen molar-refractivity contribution in [1.29, 1.82) is 0 Å². The Bertz CT molecular complexity index is 1820. The number of fused-ring (bicyclic) bond motifs is 2. The van der Waals surface area contributed by atoms with Gasteiger partial charge in [-0.05, 0) is 74.6 Å². The van der Waals surface area contributed by atoms with E-state index in [-0.39, 0.29) is 43.3 Å². The minimum Gasteiger partial charge on any atom is -0.462 e. The average Bonchev–Trinajstić information content (AvgIpc) is 3.87. The van der Waals surface area contributed by atoms with Crippen molar-refractivity contribution in [2.75, 3.05) is 39.9 Å². The number of carbonyl (C=O) groups is 8. The van der Waals surface area contributed by atoms with Crippen LogP contribution in [-0.4, -0.2) is 138 Å². The summed E-state index contributed by atoms with van der Waals surface area (Å²) >= 11 is 0. The predicted octanol–water partition coefficient (Wildman–Crippen LogP) is 0.232. The molecule has 1 aromatic rings. The van der Waals surface area contributed by atoms with Crippen molar-refractivity contribution in [3.05, 3.63) is 47.5 Å². The first-order valence-electron chi connectivity index (χ1n) is 20.5. The third-order valence-corrected chi connectivity index (χ3v) is 11.5. The minimum atomic E-state index is -1.65. The average molecular weight is 844 g/mol. The number of nitrogens with zero attached hydrogens (tertiary/aromatic N) is 3. The lowest BCUT2D eigenvalue weighted by molar-refractivity contribution is -0.158. The zero-order valence-corrected chi connectivity index (χ0v) is 34.2. The van der Waals surface area contributed by atoms with E-state index in [1.165, 1.54) is 29.8 Å². The summed E-state index contributed by atoms with van der Waals surface area (Å²) in [5.41, 5.74) is 5.42. The molecule has 4 fully saturated rings. The normalized spacial score (nSPS) is 26.6. The molecule has 3 heterocycles.